The zero-order valence-electron chi connectivity index (χ0n) is 21.1. The molecule has 0 saturated carbocycles. The summed E-state index contributed by atoms with van der Waals surface area (Å²) in [7, 11) is 0. The van der Waals surface area contributed by atoms with Gasteiger partial charge in [0, 0.05) is 42.6 Å². The lowest BCUT2D eigenvalue weighted by Crippen LogP contribution is -2.43. The molecule has 2 aromatic heterocycles. The van der Waals surface area contributed by atoms with Crippen LogP contribution in [0.25, 0.3) is 11.0 Å². The van der Waals surface area contributed by atoms with Gasteiger partial charge in [0.15, 0.2) is 0 Å². The largest absolute Gasteiger partial charge is 0.489 e. The maximum Gasteiger partial charge on any atom is 0.320 e. The maximum absolute atomic E-state index is 13.6. The van der Waals surface area contributed by atoms with Crippen LogP contribution in [0.15, 0.2) is 60.9 Å². The molecule has 4 aromatic rings. The predicted molar refractivity (Wildman–Crippen MR) is 139 cm³/mol. The number of nitrogens with one attached hydrogen (secondary N) is 1. The van der Waals surface area contributed by atoms with Crippen molar-refractivity contribution in [2.75, 3.05) is 31.6 Å². The number of fused-ring (bicyclic) bond motifs is 1. The van der Waals surface area contributed by atoms with Crippen LogP contribution >= 0.6 is 0 Å². The van der Waals surface area contributed by atoms with Gasteiger partial charge >= 0.3 is 5.97 Å². The van der Waals surface area contributed by atoms with Crippen LogP contribution in [-0.4, -0.2) is 57.7 Å². The van der Waals surface area contributed by atoms with Gasteiger partial charge < -0.3 is 19.4 Å². The number of hydrogen-bond donors (Lipinski definition) is 1. The molecule has 8 nitrogen and oxygen atoms in total. The normalized spacial score (nSPS) is 15.9. The van der Waals surface area contributed by atoms with Crippen molar-refractivity contribution in [2.45, 2.75) is 32.4 Å². The molecule has 1 N–H and O–H groups in total. The van der Waals surface area contributed by atoms with E-state index in [2.05, 4.69) is 20.2 Å². The lowest BCUT2D eigenvalue weighted by Gasteiger charge is -2.32. The molecule has 0 bridgehead atoms. The number of ether oxygens (including phenoxy) is 2. The second-order valence-corrected chi connectivity index (χ2v) is 9.27. The molecule has 1 aliphatic heterocycles. The Hall–Kier alpha value is -4.05. The number of rotatable bonds is 9. The molecule has 5 rings (SSSR count). The fourth-order valence-corrected chi connectivity index (χ4v) is 4.64. The maximum atomic E-state index is 13.6. The third kappa shape index (κ3) is 6.44. The minimum atomic E-state index is -0.613. The second kappa shape index (κ2) is 11.6. The first-order chi connectivity index (χ1) is 18.4. The molecule has 1 unspecified atom stereocenters. The average Bonchev–Trinajstić information content (AvgIpc) is 3.27. The molecule has 10 heteroatoms. The molecule has 0 aliphatic carbocycles. The number of anilines is 2. The van der Waals surface area contributed by atoms with E-state index in [1.54, 1.807) is 13.1 Å². The van der Waals surface area contributed by atoms with Crippen molar-refractivity contribution >= 4 is 28.6 Å². The Labute approximate surface area is 219 Å². The summed E-state index contributed by atoms with van der Waals surface area (Å²) >= 11 is 0. The van der Waals surface area contributed by atoms with E-state index in [1.165, 1.54) is 12.1 Å². The van der Waals surface area contributed by atoms with Gasteiger partial charge in [-0.05, 0) is 74.3 Å². The van der Waals surface area contributed by atoms with Crippen molar-refractivity contribution < 1.29 is 23.0 Å². The molecule has 1 atom stereocenters. The highest BCUT2D eigenvalue weighted by atomic mass is 19.1. The Balaban J connectivity index is 1.21. The molecule has 198 valence electrons. The second-order valence-electron chi connectivity index (χ2n) is 9.27. The lowest BCUT2D eigenvalue weighted by atomic mass is 10.1. The molecule has 38 heavy (non-hydrogen) atoms. The summed E-state index contributed by atoms with van der Waals surface area (Å²) in [6, 6.07) is 12.9. The summed E-state index contributed by atoms with van der Waals surface area (Å²) in [5, 5.41) is 4.02. The zero-order chi connectivity index (χ0) is 26.5. The Morgan fingerprint density at radius 2 is 1.92 bits per heavy atom. The standard InChI is InChI=1S/C28H29F2N5O3/c1-2-37-26(36)18-34-10-3-4-25(17-34)38-24-7-5-23(6-8-24)32-28-31-15-20-9-11-35(27(20)33-28)16-19-12-21(29)14-22(30)13-19/h5-9,11-15,25H,2-4,10,16-18H2,1H3,(H,31,32,33). The first kappa shape index (κ1) is 25.6. The van der Waals surface area contributed by atoms with Crippen LogP contribution < -0.4 is 10.1 Å². The molecule has 0 amide bonds. The van der Waals surface area contributed by atoms with E-state index in [0.29, 0.717) is 30.3 Å². The Kier molecular flexibility index (Phi) is 7.78. The van der Waals surface area contributed by atoms with Gasteiger partial charge in [-0.3, -0.25) is 9.69 Å². The van der Waals surface area contributed by atoms with E-state index in [0.717, 1.165) is 42.3 Å². The summed E-state index contributed by atoms with van der Waals surface area (Å²) in [4.78, 5) is 22.9. The fourth-order valence-electron chi connectivity index (χ4n) is 4.64. The first-order valence-corrected chi connectivity index (χ1v) is 12.6. The van der Waals surface area contributed by atoms with Gasteiger partial charge in [-0.15, -0.1) is 0 Å². The van der Waals surface area contributed by atoms with Crippen LogP contribution in [0.1, 0.15) is 25.3 Å². The number of piperidine rings is 1. The molecule has 1 aliphatic rings. The van der Waals surface area contributed by atoms with E-state index < -0.39 is 11.6 Å². The van der Waals surface area contributed by atoms with Gasteiger partial charge in [0.05, 0.1) is 13.2 Å². The van der Waals surface area contributed by atoms with Crippen LogP contribution in [0.3, 0.4) is 0 Å². The summed E-state index contributed by atoms with van der Waals surface area (Å²) in [6.45, 7) is 4.28. The Morgan fingerprint density at radius 3 is 2.68 bits per heavy atom. The number of hydrogen-bond acceptors (Lipinski definition) is 7. The van der Waals surface area contributed by atoms with Crippen LogP contribution in [0, 0.1) is 11.6 Å². The van der Waals surface area contributed by atoms with Gasteiger partial charge in [0.2, 0.25) is 5.95 Å². The SMILES string of the molecule is CCOC(=O)CN1CCCC(Oc2ccc(Nc3ncc4ccn(Cc5cc(F)cc(F)c5)c4n3)cc2)C1. The number of nitrogens with zero attached hydrogens (tertiary/aromatic N) is 4. The number of esters is 1. The van der Waals surface area contributed by atoms with Crippen molar-refractivity contribution in [1.82, 2.24) is 19.4 Å². The van der Waals surface area contributed by atoms with Gasteiger partial charge in [0.25, 0.3) is 0 Å². The number of aromatic nitrogens is 3. The van der Waals surface area contributed by atoms with Crippen LogP contribution in [-0.2, 0) is 16.1 Å². The van der Waals surface area contributed by atoms with Gasteiger partial charge in [-0.1, -0.05) is 0 Å². The quantitative estimate of drug-likeness (QED) is 0.314. The molecular formula is C28H29F2N5O3. The van der Waals surface area contributed by atoms with E-state index in [-0.39, 0.29) is 25.2 Å². The van der Waals surface area contributed by atoms with Crippen molar-refractivity contribution in [3.05, 3.63) is 78.1 Å². The Bertz CT molecular complexity index is 1390. The third-order valence-electron chi connectivity index (χ3n) is 6.31. The monoisotopic (exact) mass is 521 g/mol. The number of carbonyl (C=O) groups is 1. The Morgan fingerprint density at radius 1 is 1.13 bits per heavy atom. The molecule has 1 fully saturated rings. The summed E-state index contributed by atoms with van der Waals surface area (Å²) in [6.07, 6.45) is 5.41. The molecule has 0 spiro atoms. The highest BCUT2D eigenvalue weighted by Crippen LogP contribution is 2.23. The fraction of sp³-hybridized carbons (Fsp3) is 0.321. The molecule has 2 aromatic carbocycles. The predicted octanol–water partition coefficient (Wildman–Crippen LogP) is 4.91. The van der Waals surface area contributed by atoms with Crippen molar-refractivity contribution in [3.63, 3.8) is 0 Å². The third-order valence-corrected chi connectivity index (χ3v) is 6.31. The topological polar surface area (TPSA) is 81.5 Å². The van der Waals surface area contributed by atoms with Crippen LogP contribution in [0.5, 0.6) is 5.75 Å². The summed E-state index contributed by atoms with van der Waals surface area (Å²) in [5.41, 5.74) is 1.94. The average molecular weight is 522 g/mol. The van der Waals surface area contributed by atoms with E-state index in [9.17, 15) is 13.6 Å². The minimum absolute atomic E-state index is 0.00192. The first-order valence-electron chi connectivity index (χ1n) is 12.6. The highest BCUT2D eigenvalue weighted by Gasteiger charge is 2.23. The van der Waals surface area contributed by atoms with Gasteiger partial charge in [-0.25, -0.2) is 13.8 Å². The van der Waals surface area contributed by atoms with Crippen LogP contribution in [0.4, 0.5) is 20.4 Å². The number of halogens is 2. The lowest BCUT2D eigenvalue weighted by molar-refractivity contribution is -0.145. The number of carbonyl (C=O) groups excluding carboxylic acids is 1. The van der Waals surface area contributed by atoms with E-state index in [1.807, 2.05) is 41.1 Å². The highest BCUT2D eigenvalue weighted by molar-refractivity contribution is 5.77. The van der Waals surface area contributed by atoms with Gasteiger partial charge in [0.1, 0.15) is 29.1 Å². The number of benzene rings is 2. The zero-order valence-corrected chi connectivity index (χ0v) is 21.1. The van der Waals surface area contributed by atoms with Crippen molar-refractivity contribution in [3.8, 4) is 5.75 Å². The molecular weight excluding hydrogens is 492 g/mol. The molecule has 1 saturated heterocycles. The van der Waals surface area contributed by atoms with Crippen molar-refractivity contribution in [2.24, 2.45) is 0 Å². The van der Waals surface area contributed by atoms with Gasteiger partial charge in [-0.2, -0.15) is 4.98 Å². The van der Waals surface area contributed by atoms with Crippen LogP contribution in [0.2, 0.25) is 0 Å². The van der Waals surface area contributed by atoms with E-state index >= 15 is 0 Å². The molecule has 3 heterocycles. The van der Waals surface area contributed by atoms with Crippen molar-refractivity contribution in [1.29, 1.82) is 0 Å². The minimum Gasteiger partial charge on any atom is -0.489 e. The number of likely N-dealkylation sites (tertiary alicyclic amines) is 1. The summed E-state index contributed by atoms with van der Waals surface area (Å²) < 4.78 is 40.3. The summed E-state index contributed by atoms with van der Waals surface area (Å²) in [5.74, 6) is -0.291. The smallest absolute Gasteiger partial charge is 0.320 e. The molecule has 0 radical (unpaired) electrons. The van der Waals surface area contributed by atoms with E-state index in [4.69, 9.17) is 9.47 Å².